The summed E-state index contributed by atoms with van der Waals surface area (Å²) in [5, 5.41) is 8.10. The summed E-state index contributed by atoms with van der Waals surface area (Å²) in [6.07, 6.45) is 3.99. The highest BCUT2D eigenvalue weighted by atomic mass is 79.9. The molecule has 12 heavy (non-hydrogen) atoms. The molecule has 1 aromatic carbocycles. The van der Waals surface area contributed by atoms with Gasteiger partial charge in [0.2, 0.25) is 0 Å². The van der Waals surface area contributed by atoms with Crippen molar-refractivity contribution in [1.29, 1.82) is 0 Å². The van der Waals surface area contributed by atoms with E-state index in [2.05, 4.69) is 26.2 Å². The molecule has 2 rings (SSSR count). The summed E-state index contributed by atoms with van der Waals surface area (Å²) in [5.41, 5.74) is 2.04. The molecule has 0 fully saturated rings. The number of hydrogen-bond donors (Lipinski definition) is 0. The Morgan fingerprint density at radius 1 is 1.25 bits per heavy atom. The molecule has 3 heteroatoms. The van der Waals surface area contributed by atoms with Gasteiger partial charge in [0.25, 0.3) is 0 Å². The van der Waals surface area contributed by atoms with Crippen molar-refractivity contribution in [3.8, 4) is 0 Å². The van der Waals surface area contributed by atoms with Crippen molar-refractivity contribution in [2.45, 2.75) is 4.95 Å². The van der Waals surface area contributed by atoms with Gasteiger partial charge in [-0.15, -0.1) is 0 Å². The van der Waals surface area contributed by atoms with Crippen LogP contribution in [0.4, 0.5) is 5.69 Å². The molecule has 1 heterocycles. The first-order valence-corrected chi connectivity index (χ1v) is 4.60. The smallest absolute Gasteiger partial charge is 0.144 e. The molecule has 0 spiro atoms. The molecule has 0 N–H and O–H groups in total. The fourth-order valence-electron chi connectivity index (χ4n) is 1.06. The van der Waals surface area contributed by atoms with Gasteiger partial charge in [0.05, 0.1) is 5.69 Å². The fraction of sp³-hybridized carbons (Fsp3) is 0.111. The minimum absolute atomic E-state index is 0.00454. The first-order chi connectivity index (χ1) is 5.86. The summed E-state index contributed by atoms with van der Waals surface area (Å²) in [7, 11) is 0. The lowest BCUT2D eigenvalue weighted by atomic mass is 10.2. The van der Waals surface area contributed by atoms with Gasteiger partial charge < -0.3 is 0 Å². The van der Waals surface area contributed by atoms with Gasteiger partial charge in [-0.05, 0) is 12.1 Å². The lowest BCUT2D eigenvalue weighted by Gasteiger charge is -1.94. The Balaban J connectivity index is 2.52. The summed E-state index contributed by atoms with van der Waals surface area (Å²) in [6, 6.07) is 7.93. The second kappa shape index (κ2) is 3.19. The van der Waals surface area contributed by atoms with Crippen LogP contribution >= 0.6 is 15.9 Å². The Morgan fingerprint density at radius 3 is 3.00 bits per heavy atom. The molecule has 1 aromatic rings. The van der Waals surface area contributed by atoms with E-state index >= 15 is 0 Å². The van der Waals surface area contributed by atoms with Gasteiger partial charge in [-0.1, -0.05) is 40.2 Å². The van der Waals surface area contributed by atoms with E-state index in [1.54, 1.807) is 0 Å². The third-order valence-electron chi connectivity index (χ3n) is 1.65. The van der Waals surface area contributed by atoms with Crippen LogP contribution in [0.2, 0.25) is 0 Å². The quantitative estimate of drug-likeness (QED) is 0.474. The molecule has 2 nitrogen and oxygen atoms in total. The van der Waals surface area contributed by atoms with Crippen LogP contribution in [0.3, 0.4) is 0 Å². The van der Waals surface area contributed by atoms with Crippen molar-refractivity contribution in [2.24, 2.45) is 10.2 Å². The number of hydrogen-bond acceptors (Lipinski definition) is 2. The summed E-state index contributed by atoms with van der Waals surface area (Å²) in [4.78, 5) is 0.00454. The highest BCUT2D eigenvalue weighted by molar-refractivity contribution is 9.09. The van der Waals surface area contributed by atoms with Crippen molar-refractivity contribution in [3.05, 3.63) is 35.9 Å². The molecule has 60 valence electrons. The highest BCUT2D eigenvalue weighted by Crippen LogP contribution is 2.25. The van der Waals surface area contributed by atoms with Crippen LogP contribution in [0, 0.1) is 0 Å². The summed E-state index contributed by atoms with van der Waals surface area (Å²) in [5.74, 6) is 0. The molecule has 0 bridgehead atoms. The van der Waals surface area contributed by atoms with Crippen LogP contribution in [-0.4, -0.2) is 4.95 Å². The number of halogens is 1. The summed E-state index contributed by atoms with van der Waals surface area (Å²) < 4.78 is 0. The van der Waals surface area contributed by atoms with Gasteiger partial charge in [-0.2, -0.15) is 10.2 Å². The Bertz CT molecular complexity index is 311. The fourth-order valence-corrected chi connectivity index (χ4v) is 1.30. The average molecular weight is 223 g/mol. The monoisotopic (exact) mass is 222 g/mol. The van der Waals surface area contributed by atoms with E-state index in [9.17, 15) is 0 Å². The van der Waals surface area contributed by atoms with Gasteiger partial charge in [0.15, 0.2) is 0 Å². The lowest BCUT2D eigenvalue weighted by molar-refractivity contribution is 1.04. The van der Waals surface area contributed by atoms with Crippen LogP contribution in [-0.2, 0) is 0 Å². The van der Waals surface area contributed by atoms with E-state index in [0.717, 1.165) is 11.3 Å². The molecule has 1 aliphatic rings. The first-order valence-electron chi connectivity index (χ1n) is 3.68. The van der Waals surface area contributed by atoms with Gasteiger partial charge >= 0.3 is 0 Å². The highest BCUT2D eigenvalue weighted by Gasteiger charge is 2.03. The van der Waals surface area contributed by atoms with E-state index in [1.807, 2.05) is 36.4 Å². The maximum Gasteiger partial charge on any atom is 0.144 e. The van der Waals surface area contributed by atoms with E-state index in [0.29, 0.717) is 0 Å². The molecule has 0 radical (unpaired) electrons. The minimum atomic E-state index is 0.00454. The molecule has 0 saturated carbocycles. The van der Waals surface area contributed by atoms with Crippen molar-refractivity contribution < 1.29 is 0 Å². The van der Waals surface area contributed by atoms with Crippen LogP contribution in [0.25, 0.3) is 6.08 Å². The SMILES string of the molecule is BrC1C=Cc2ccccc2N=N1. The third kappa shape index (κ3) is 1.46. The van der Waals surface area contributed by atoms with E-state index < -0.39 is 0 Å². The van der Waals surface area contributed by atoms with Crippen LogP contribution in [0.5, 0.6) is 0 Å². The van der Waals surface area contributed by atoms with Crippen LogP contribution in [0.15, 0.2) is 40.6 Å². The van der Waals surface area contributed by atoms with Gasteiger partial charge in [-0.25, -0.2) is 0 Å². The summed E-state index contributed by atoms with van der Waals surface area (Å²) >= 11 is 3.35. The number of azo groups is 1. The summed E-state index contributed by atoms with van der Waals surface area (Å²) in [6.45, 7) is 0. The second-order valence-corrected chi connectivity index (χ2v) is 3.44. The normalized spacial score (nSPS) is 20.2. The molecule has 1 unspecified atom stereocenters. The Morgan fingerprint density at radius 2 is 2.08 bits per heavy atom. The maximum absolute atomic E-state index is 4.08. The third-order valence-corrected chi connectivity index (χ3v) is 2.14. The molecule has 1 aliphatic heterocycles. The van der Waals surface area contributed by atoms with E-state index in [1.165, 1.54) is 0 Å². The largest absolute Gasteiger partial charge is 0.169 e. The van der Waals surface area contributed by atoms with Crippen molar-refractivity contribution in [2.75, 3.05) is 0 Å². The Hall–Kier alpha value is -0.960. The predicted octanol–water partition coefficient (Wildman–Crippen LogP) is 3.52. The van der Waals surface area contributed by atoms with Crippen molar-refractivity contribution in [1.82, 2.24) is 0 Å². The van der Waals surface area contributed by atoms with E-state index in [4.69, 9.17) is 0 Å². The molecule has 0 aliphatic carbocycles. The molecule has 0 aromatic heterocycles. The number of benzene rings is 1. The lowest BCUT2D eigenvalue weighted by Crippen LogP contribution is -1.79. The number of nitrogens with zero attached hydrogens (tertiary/aromatic N) is 2. The van der Waals surface area contributed by atoms with Gasteiger partial charge in [0, 0.05) is 5.56 Å². The zero-order valence-corrected chi connectivity index (χ0v) is 7.90. The molecule has 0 amide bonds. The number of rotatable bonds is 0. The predicted molar refractivity (Wildman–Crippen MR) is 52.7 cm³/mol. The standard InChI is InChI=1S/C9H7BrN2/c10-9-6-5-7-3-1-2-4-8(7)11-12-9/h1-6,9H. The number of fused-ring (bicyclic) bond motifs is 1. The zero-order valence-electron chi connectivity index (χ0n) is 6.31. The first kappa shape index (κ1) is 7.68. The average Bonchev–Trinajstić information content (AvgIpc) is 2.29. The van der Waals surface area contributed by atoms with Crippen LogP contribution < -0.4 is 0 Å². The van der Waals surface area contributed by atoms with Gasteiger partial charge in [0.1, 0.15) is 4.95 Å². The Kier molecular flexibility index (Phi) is 2.04. The zero-order chi connectivity index (χ0) is 8.39. The van der Waals surface area contributed by atoms with Crippen molar-refractivity contribution >= 4 is 27.7 Å². The Labute approximate surface area is 79.1 Å². The maximum atomic E-state index is 4.08. The topological polar surface area (TPSA) is 24.7 Å². The molecular formula is C9H7BrN2. The number of alkyl halides is 1. The molecular weight excluding hydrogens is 216 g/mol. The van der Waals surface area contributed by atoms with Gasteiger partial charge in [-0.3, -0.25) is 0 Å². The van der Waals surface area contributed by atoms with Crippen LogP contribution in [0.1, 0.15) is 5.56 Å². The minimum Gasteiger partial charge on any atom is -0.169 e. The van der Waals surface area contributed by atoms with E-state index in [-0.39, 0.29) is 4.95 Å². The molecule has 0 saturated heterocycles. The molecule has 1 atom stereocenters. The van der Waals surface area contributed by atoms with Crippen molar-refractivity contribution in [3.63, 3.8) is 0 Å². The second-order valence-electron chi connectivity index (χ2n) is 2.51.